The van der Waals surface area contributed by atoms with Crippen LogP contribution in [0.2, 0.25) is 5.02 Å². The number of nitrogens with one attached hydrogen (secondary N) is 1. The van der Waals surface area contributed by atoms with E-state index in [9.17, 15) is 0 Å². The van der Waals surface area contributed by atoms with Crippen molar-refractivity contribution >= 4 is 22.6 Å². The SMILES string of the molecule is COc1ccc2nc(COc3ccc(Cl)cc3)n(CCCC3CCCNC3)c2c1. The van der Waals surface area contributed by atoms with E-state index in [1.807, 2.05) is 36.4 Å². The van der Waals surface area contributed by atoms with E-state index in [2.05, 4.69) is 16.0 Å². The quantitative estimate of drug-likeness (QED) is 0.561. The van der Waals surface area contributed by atoms with Crippen molar-refractivity contribution in [1.82, 2.24) is 14.9 Å². The molecule has 0 spiro atoms. The Hall–Kier alpha value is -2.24. The molecule has 2 aromatic carbocycles. The van der Waals surface area contributed by atoms with Gasteiger partial charge in [0.2, 0.25) is 0 Å². The summed E-state index contributed by atoms with van der Waals surface area (Å²) < 4.78 is 13.7. The maximum atomic E-state index is 5.99. The number of imidazole rings is 1. The minimum Gasteiger partial charge on any atom is -0.497 e. The molecule has 0 aliphatic carbocycles. The molecule has 0 bridgehead atoms. The van der Waals surface area contributed by atoms with Gasteiger partial charge in [-0.05, 0) is 81.1 Å². The van der Waals surface area contributed by atoms with Crippen molar-refractivity contribution in [3.05, 3.63) is 53.3 Å². The zero-order valence-electron chi connectivity index (χ0n) is 16.9. The number of fused-ring (bicyclic) bond motifs is 1. The molecule has 1 unspecified atom stereocenters. The first-order chi connectivity index (χ1) is 14.2. The summed E-state index contributed by atoms with van der Waals surface area (Å²) in [5, 5.41) is 4.21. The number of hydrogen-bond acceptors (Lipinski definition) is 4. The topological polar surface area (TPSA) is 48.3 Å². The van der Waals surface area contributed by atoms with E-state index < -0.39 is 0 Å². The summed E-state index contributed by atoms with van der Waals surface area (Å²) in [6.45, 7) is 3.66. The highest BCUT2D eigenvalue weighted by Crippen LogP contribution is 2.25. The first-order valence-electron chi connectivity index (χ1n) is 10.3. The van der Waals surface area contributed by atoms with Gasteiger partial charge >= 0.3 is 0 Å². The molecule has 1 aromatic heterocycles. The van der Waals surface area contributed by atoms with Crippen LogP contribution in [0.15, 0.2) is 42.5 Å². The third-order valence-electron chi connectivity index (χ3n) is 5.61. The molecule has 6 heteroatoms. The number of hydrogen-bond donors (Lipinski definition) is 1. The Balaban J connectivity index is 1.51. The molecule has 5 nitrogen and oxygen atoms in total. The van der Waals surface area contributed by atoms with Crippen LogP contribution >= 0.6 is 11.6 Å². The molecule has 1 atom stereocenters. The van der Waals surface area contributed by atoms with Crippen LogP contribution < -0.4 is 14.8 Å². The smallest absolute Gasteiger partial charge is 0.147 e. The fraction of sp³-hybridized carbons (Fsp3) is 0.435. The van der Waals surface area contributed by atoms with Crippen LogP contribution in [-0.2, 0) is 13.2 Å². The number of aryl methyl sites for hydroxylation is 1. The van der Waals surface area contributed by atoms with Gasteiger partial charge in [0, 0.05) is 17.6 Å². The molecule has 0 saturated carbocycles. The third-order valence-corrected chi connectivity index (χ3v) is 5.86. The Morgan fingerprint density at radius 1 is 1.17 bits per heavy atom. The van der Waals surface area contributed by atoms with Crippen molar-refractivity contribution in [3.8, 4) is 11.5 Å². The molecule has 0 radical (unpaired) electrons. The van der Waals surface area contributed by atoms with Gasteiger partial charge in [-0.25, -0.2) is 4.98 Å². The Kier molecular flexibility index (Phi) is 6.57. The predicted molar refractivity (Wildman–Crippen MR) is 117 cm³/mol. The number of piperidine rings is 1. The molecule has 1 aliphatic heterocycles. The number of rotatable bonds is 8. The highest BCUT2D eigenvalue weighted by atomic mass is 35.5. The van der Waals surface area contributed by atoms with Crippen LogP contribution in [0.1, 0.15) is 31.5 Å². The van der Waals surface area contributed by atoms with Crippen molar-refractivity contribution in [2.75, 3.05) is 20.2 Å². The van der Waals surface area contributed by atoms with Gasteiger partial charge in [0.25, 0.3) is 0 Å². The largest absolute Gasteiger partial charge is 0.497 e. The van der Waals surface area contributed by atoms with Gasteiger partial charge in [-0.3, -0.25) is 0 Å². The number of aromatic nitrogens is 2. The highest BCUT2D eigenvalue weighted by molar-refractivity contribution is 6.30. The average molecular weight is 414 g/mol. The lowest BCUT2D eigenvalue weighted by Crippen LogP contribution is -2.29. The normalized spacial score (nSPS) is 16.8. The minimum absolute atomic E-state index is 0.420. The molecule has 2 heterocycles. The van der Waals surface area contributed by atoms with Gasteiger partial charge in [-0.2, -0.15) is 0 Å². The summed E-state index contributed by atoms with van der Waals surface area (Å²) in [6.07, 6.45) is 4.98. The summed E-state index contributed by atoms with van der Waals surface area (Å²) in [7, 11) is 1.70. The fourth-order valence-electron chi connectivity index (χ4n) is 4.03. The second-order valence-electron chi connectivity index (χ2n) is 7.63. The zero-order chi connectivity index (χ0) is 20.1. The zero-order valence-corrected chi connectivity index (χ0v) is 17.6. The minimum atomic E-state index is 0.420. The van der Waals surface area contributed by atoms with Gasteiger partial charge in [0.1, 0.15) is 23.9 Å². The number of methoxy groups -OCH3 is 1. The molecule has 3 aromatic rings. The lowest BCUT2D eigenvalue weighted by molar-refractivity contribution is 0.287. The summed E-state index contributed by atoms with van der Waals surface area (Å²) in [5.74, 6) is 3.35. The van der Waals surface area contributed by atoms with Gasteiger partial charge < -0.3 is 19.4 Å². The molecule has 0 amide bonds. The van der Waals surface area contributed by atoms with E-state index in [0.717, 1.165) is 60.3 Å². The van der Waals surface area contributed by atoms with Crippen LogP contribution in [0.3, 0.4) is 0 Å². The molecular weight excluding hydrogens is 386 g/mol. The summed E-state index contributed by atoms with van der Waals surface area (Å²) in [6, 6.07) is 13.5. The lowest BCUT2D eigenvalue weighted by atomic mass is 9.95. The maximum absolute atomic E-state index is 5.99. The molecule has 1 N–H and O–H groups in total. The number of halogens is 1. The van der Waals surface area contributed by atoms with E-state index in [0.29, 0.717) is 11.6 Å². The Morgan fingerprint density at radius 3 is 2.76 bits per heavy atom. The maximum Gasteiger partial charge on any atom is 0.147 e. The molecule has 154 valence electrons. The Labute approximate surface area is 177 Å². The van der Waals surface area contributed by atoms with E-state index >= 15 is 0 Å². The molecular formula is C23H28ClN3O2. The van der Waals surface area contributed by atoms with Crippen molar-refractivity contribution in [2.45, 2.75) is 38.8 Å². The van der Waals surface area contributed by atoms with Gasteiger partial charge in [-0.1, -0.05) is 11.6 Å². The number of ether oxygens (including phenoxy) is 2. The van der Waals surface area contributed by atoms with Crippen LogP contribution in [0.5, 0.6) is 11.5 Å². The first kappa shape index (κ1) is 20.0. The monoisotopic (exact) mass is 413 g/mol. The third kappa shape index (κ3) is 5.03. The average Bonchev–Trinajstić information content (AvgIpc) is 3.11. The van der Waals surface area contributed by atoms with Crippen LogP contribution in [-0.4, -0.2) is 29.8 Å². The van der Waals surface area contributed by atoms with Crippen LogP contribution in [0.25, 0.3) is 11.0 Å². The second kappa shape index (κ2) is 9.51. The Bertz CT molecular complexity index is 933. The first-order valence-corrected chi connectivity index (χ1v) is 10.7. The number of nitrogens with zero attached hydrogens (tertiary/aromatic N) is 2. The highest BCUT2D eigenvalue weighted by Gasteiger charge is 2.15. The standard InChI is InChI=1S/C23H28ClN3O2/c1-28-20-10-11-21-22(14-20)27(13-3-5-17-4-2-12-25-15-17)23(26-21)16-29-19-8-6-18(24)7-9-19/h6-11,14,17,25H,2-5,12-13,15-16H2,1H3. The summed E-state index contributed by atoms with van der Waals surface area (Å²) >= 11 is 5.97. The van der Waals surface area contributed by atoms with E-state index in [1.54, 1.807) is 7.11 Å². The molecule has 1 fully saturated rings. The molecule has 1 aliphatic rings. The summed E-state index contributed by atoms with van der Waals surface area (Å²) in [4.78, 5) is 4.83. The van der Waals surface area contributed by atoms with Crippen molar-refractivity contribution < 1.29 is 9.47 Å². The predicted octanol–water partition coefficient (Wildman–Crippen LogP) is 5.06. The van der Waals surface area contributed by atoms with Crippen molar-refractivity contribution in [1.29, 1.82) is 0 Å². The molecule has 1 saturated heterocycles. The summed E-state index contributed by atoms with van der Waals surface area (Å²) in [5.41, 5.74) is 2.07. The fourth-order valence-corrected chi connectivity index (χ4v) is 4.15. The number of benzene rings is 2. The van der Waals surface area contributed by atoms with Crippen molar-refractivity contribution in [2.24, 2.45) is 5.92 Å². The van der Waals surface area contributed by atoms with Gasteiger partial charge in [-0.15, -0.1) is 0 Å². The van der Waals surface area contributed by atoms with E-state index in [-0.39, 0.29) is 0 Å². The molecule has 29 heavy (non-hydrogen) atoms. The van der Waals surface area contributed by atoms with Gasteiger partial charge in [0.15, 0.2) is 0 Å². The molecule has 4 rings (SSSR count). The van der Waals surface area contributed by atoms with Gasteiger partial charge in [0.05, 0.1) is 18.1 Å². The van der Waals surface area contributed by atoms with Crippen LogP contribution in [0, 0.1) is 5.92 Å². The lowest BCUT2D eigenvalue weighted by Gasteiger charge is -2.22. The van der Waals surface area contributed by atoms with Crippen LogP contribution in [0.4, 0.5) is 0 Å². The van der Waals surface area contributed by atoms with E-state index in [1.165, 1.54) is 19.3 Å². The second-order valence-corrected chi connectivity index (χ2v) is 8.07. The van der Waals surface area contributed by atoms with Crippen molar-refractivity contribution in [3.63, 3.8) is 0 Å². The Morgan fingerprint density at radius 2 is 2.00 bits per heavy atom. The van der Waals surface area contributed by atoms with E-state index in [4.69, 9.17) is 26.1 Å².